The Morgan fingerprint density at radius 2 is 1.67 bits per heavy atom. The van der Waals surface area contributed by atoms with Gasteiger partial charge >= 0.3 is 7.52 Å². The van der Waals surface area contributed by atoms with Gasteiger partial charge in [-0.2, -0.15) is 0 Å². The van der Waals surface area contributed by atoms with Crippen molar-refractivity contribution in [3.8, 4) is 16.9 Å². The Balaban J connectivity index is 1.79. The lowest BCUT2D eigenvalue weighted by Crippen LogP contribution is -2.15. The molecule has 0 aliphatic carbocycles. The van der Waals surface area contributed by atoms with Gasteiger partial charge in [-0.3, -0.25) is 4.57 Å². The Hall–Kier alpha value is -2.01. The summed E-state index contributed by atoms with van der Waals surface area (Å²) < 4.78 is 16.8. The maximum Gasteiger partial charge on any atom is 0.350 e. The number of nitroso groups, excluding NO2 is 1. The van der Waals surface area contributed by atoms with Crippen molar-refractivity contribution < 1.29 is 14.2 Å². The second kappa shape index (κ2) is 11.0. The van der Waals surface area contributed by atoms with E-state index in [0.717, 1.165) is 41.9 Å². The first kappa shape index (κ1) is 21.3. The molecule has 0 bridgehead atoms. The Morgan fingerprint density at radius 3 is 2.26 bits per heavy atom. The van der Waals surface area contributed by atoms with Crippen molar-refractivity contribution in [1.82, 2.24) is 5.32 Å². The zero-order valence-electron chi connectivity index (χ0n) is 15.6. The van der Waals surface area contributed by atoms with Crippen LogP contribution in [0.15, 0.2) is 53.5 Å². The topological polar surface area (TPSA) is 88.0 Å². The molecule has 0 aliphatic rings. The quantitative estimate of drug-likeness (QED) is 0.304. The van der Waals surface area contributed by atoms with Crippen molar-refractivity contribution in [3.05, 3.63) is 59.0 Å². The summed E-state index contributed by atoms with van der Waals surface area (Å²) in [5.74, 6) is 0.894. The zero-order valence-corrected chi connectivity index (χ0v) is 16.5. The molecule has 1 atom stereocenters. The van der Waals surface area contributed by atoms with Crippen LogP contribution in [0.1, 0.15) is 31.7 Å². The molecule has 2 N–H and O–H groups in total. The molecule has 6 nitrogen and oxygen atoms in total. The normalized spacial score (nSPS) is 13.1. The molecule has 27 heavy (non-hydrogen) atoms. The van der Waals surface area contributed by atoms with E-state index in [0.29, 0.717) is 19.5 Å². The van der Waals surface area contributed by atoms with Crippen LogP contribution in [0.3, 0.4) is 0 Å². The van der Waals surface area contributed by atoms with Gasteiger partial charge in [0.25, 0.3) is 0 Å². The van der Waals surface area contributed by atoms with Crippen LogP contribution in [0.5, 0.6) is 5.75 Å². The monoisotopic (exact) mass is 390 g/mol. The van der Waals surface area contributed by atoms with Crippen LogP contribution in [0.2, 0.25) is 0 Å². The van der Waals surface area contributed by atoms with Crippen molar-refractivity contribution >= 4 is 7.52 Å². The second-order valence-corrected chi connectivity index (χ2v) is 8.36. The lowest BCUT2D eigenvalue weighted by Gasteiger charge is -2.08. The molecule has 0 spiro atoms. The van der Waals surface area contributed by atoms with E-state index in [2.05, 4.69) is 53.6 Å². The van der Waals surface area contributed by atoms with Crippen LogP contribution in [-0.2, 0) is 11.1 Å². The Bertz CT molecular complexity index is 748. The summed E-state index contributed by atoms with van der Waals surface area (Å²) in [5.41, 5.74) is 3.40. The molecule has 0 saturated heterocycles. The van der Waals surface area contributed by atoms with Crippen LogP contribution in [-0.4, -0.2) is 24.2 Å². The lowest BCUT2D eigenvalue weighted by molar-refractivity contribution is 0.309. The summed E-state index contributed by atoms with van der Waals surface area (Å²) in [6.07, 6.45) is 2.53. The first-order valence-electron chi connectivity index (χ1n) is 9.23. The fourth-order valence-electron chi connectivity index (χ4n) is 2.58. The summed E-state index contributed by atoms with van der Waals surface area (Å²) in [5, 5.41) is 3.20. The van der Waals surface area contributed by atoms with Crippen molar-refractivity contribution in [1.29, 1.82) is 0 Å². The predicted molar refractivity (Wildman–Crippen MR) is 109 cm³/mol. The molecule has 146 valence electrons. The van der Waals surface area contributed by atoms with E-state index < -0.39 is 7.52 Å². The Labute approximate surface area is 160 Å². The van der Waals surface area contributed by atoms with Gasteiger partial charge < -0.3 is 14.9 Å². The molecule has 0 heterocycles. The number of unbranched alkanes of at least 4 members (excludes halogenated alkanes) is 1. The van der Waals surface area contributed by atoms with E-state index in [4.69, 9.17) is 9.63 Å². The van der Waals surface area contributed by atoms with E-state index in [1.54, 1.807) is 0 Å². The van der Waals surface area contributed by atoms with Gasteiger partial charge in [0.15, 0.2) is 0 Å². The molecule has 0 aliphatic heterocycles. The van der Waals surface area contributed by atoms with Gasteiger partial charge in [0, 0.05) is 17.7 Å². The number of nitrogens with one attached hydrogen (secondary N) is 1. The number of nitrogens with zero attached hydrogens (tertiary/aromatic N) is 1. The SMILES string of the molecule is CCCCOc1ccc(-c2ccc(CNCCCP(=O)(O)N=O)cc2)cc1. The smallest absolute Gasteiger partial charge is 0.350 e. The molecule has 0 aromatic heterocycles. The van der Waals surface area contributed by atoms with Crippen molar-refractivity contribution in [2.24, 2.45) is 4.95 Å². The molecule has 2 rings (SSSR count). The molecular formula is C20H27N2O4P. The summed E-state index contributed by atoms with van der Waals surface area (Å²) in [6.45, 7) is 4.11. The average Bonchev–Trinajstić information content (AvgIpc) is 2.69. The highest BCUT2D eigenvalue weighted by molar-refractivity contribution is 7.56. The van der Waals surface area contributed by atoms with E-state index in [-0.39, 0.29) is 6.16 Å². The molecule has 1 unspecified atom stereocenters. The number of hydrogen-bond acceptors (Lipinski definition) is 4. The van der Waals surface area contributed by atoms with Crippen molar-refractivity contribution in [2.75, 3.05) is 19.3 Å². The summed E-state index contributed by atoms with van der Waals surface area (Å²) in [4.78, 5) is 21.5. The van der Waals surface area contributed by atoms with Gasteiger partial charge in [0.1, 0.15) is 5.75 Å². The zero-order chi connectivity index (χ0) is 19.5. The van der Waals surface area contributed by atoms with Crippen LogP contribution < -0.4 is 10.1 Å². The summed E-state index contributed by atoms with van der Waals surface area (Å²) >= 11 is 0. The van der Waals surface area contributed by atoms with Crippen LogP contribution in [0.4, 0.5) is 0 Å². The highest BCUT2D eigenvalue weighted by Crippen LogP contribution is 2.41. The molecule has 0 amide bonds. The minimum absolute atomic E-state index is 0.0827. The van der Waals surface area contributed by atoms with Crippen molar-refractivity contribution in [2.45, 2.75) is 32.7 Å². The lowest BCUT2D eigenvalue weighted by atomic mass is 10.0. The van der Waals surface area contributed by atoms with Gasteiger partial charge in [0.2, 0.25) is 0 Å². The Morgan fingerprint density at radius 1 is 1.04 bits per heavy atom. The molecule has 0 radical (unpaired) electrons. The van der Waals surface area contributed by atoms with Gasteiger partial charge in [-0.05, 0) is 48.2 Å². The standard InChI is InChI=1S/C20H27N2O4P/c1-2-3-14-26-20-11-9-19(10-12-20)18-7-5-17(6-8-18)16-21-13-4-15-27(24,25)22-23/h5-12,21H,2-4,13-16H2,1H3,(H,24,25). The van der Waals surface area contributed by atoms with Gasteiger partial charge in [0.05, 0.1) is 6.61 Å². The van der Waals surface area contributed by atoms with Crippen LogP contribution in [0.25, 0.3) is 11.1 Å². The highest BCUT2D eigenvalue weighted by atomic mass is 31.2. The van der Waals surface area contributed by atoms with E-state index in [1.165, 1.54) is 0 Å². The number of hydrogen-bond donors (Lipinski definition) is 2. The number of benzene rings is 2. The first-order chi connectivity index (χ1) is 13.0. The molecule has 0 fully saturated rings. The molecule has 0 saturated carbocycles. The largest absolute Gasteiger partial charge is 0.494 e. The van der Waals surface area contributed by atoms with E-state index in [9.17, 15) is 9.47 Å². The van der Waals surface area contributed by atoms with E-state index in [1.807, 2.05) is 12.1 Å². The fourth-order valence-corrected chi connectivity index (χ4v) is 3.23. The molecule has 2 aromatic rings. The predicted octanol–water partition coefficient (Wildman–Crippen LogP) is 4.96. The first-order valence-corrected chi connectivity index (χ1v) is 11.0. The third kappa shape index (κ3) is 7.63. The maximum atomic E-state index is 11.1. The second-order valence-electron chi connectivity index (χ2n) is 6.42. The molecular weight excluding hydrogens is 363 g/mol. The minimum atomic E-state index is -3.82. The third-order valence-corrected chi connectivity index (χ3v) is 5.32. The molecule has 2 aromatic carbocycles. The summed E-state index contributed by atoms with van der Waals surface area (Å²) in [6, 6.07) is 16.4. The maximum absolute atomic E-state index is 11.1. The van der Waals surface area contributed by atoms with Gasteiger partial charge in [-0.15, -0.1) is 4.91 Å². The fraction of sp³-hybridized carbons (Fsp3) is 0.400. The van der Waals surface area contributed by atoms with Gasteiger partial charge in [-0.25, -0.2) is 0 Å². The van der Waals surface area contributed by atoms with Crippen molar-refractivity contribution in [3.63, 3.8) is 0 Å². The summed E-state index contributed by atoms with van der Waals surface area (Å²) in [7, 11) is -3.82. The minimum Gasteiger partial charge on any atom is -0.494 e. The third-order valence-electron chi connectivity index (χ3n) is 4.17. The Kier molecular flexibility index (Phi) is 8.65. The average molecular weight is 390 g/mol. The highest BCUT2D eigenvalue weighted by Gasteiger charge is 2.16. The molecule has 7 heteroatoms. The number of ether oxygens (including phenoxy) is 1. The van der Waals surface area contributed by atoms with E-state index >= 15 is 0 Å². The van der Waals surface area contributed by atoms with Gasteiger partial charge in [-0.1, -0.05) is 49.7 Å². The van der Waals surface area contributed by atoms with Crippen LogP contribution in [0, 0.1) is 4.91 Å². The number of rotatable bonds is 12. The van der Waals surface area contributed by atoms with Crippen LogP contribution >= 0.6 is 7.52 Å².